The first-order valence-corrected chi connectivity index (χ1v) is 9.24. The fraction of sp³-hybridized carbons (Fsp3) is 1.00. The second kappa shape index (κ2) is 9.04. The van der Waals surface area contributed by atoms with E-state index in [-0.39, 0.29) is 0 Å². The predicted octanol–water partition coefficient (Wildman–Crippen LogP) is 4.89. The minimum absolute atomic E-state index is 0.742. The van der Waals surface area contributed by atoms with Gasteiger partial charge in [0.2, 0.25) is 0 Å². The van der Waals surface area contributed by atoms with Gasteiger partial charge in [-0.3, -0.25) is 5.43 Å². The average molecular weight is 280 g/mol. The van der Waals surface area contributed by atoms with Gasteiger partial charge >= 0.3 is 0 Å². The van der Waals surface area contributed by atoms with Crippen molar-refractivity contribution in [2.45, 2.75) is 102 Å². The Balaban J connectivity index is 1.74. The van der Waals surface area contributed by atoms with E-state index >= 15 is 0 Å². The van der Waals surface area contributed by atoms with Crippen LogP contribution in [0, 0.1) is 5.92 Å². The molecule has 2 saturated carbocycles. The maximum Gasteiger partial charge on any atom is 0.0240 e. The molecule has 0 atom stereocenters. The number of hydrogen-bond acceptors (Lipinski definition) is 2. The molecule has 2 aliphatic rings. The maximum atomic E-state index is 3.83. The topological polar surface area (TPSA) is 15.3 Å². The molecule has 0 heterocycles. The third kappa shape index (κ3) is 5.73. The van der Waals surface area contributed by atoms with Gasteiger partial charge < -0.3 is 0 Å². The summed E-state index contributed by atoms with van der Waals surface area (Å²) < 4.78 is 0. The van der Waals surface area contributed by atoms with Crippen molar-refractivity contribution in [2.24, 2.45) is 5.92 Å². The Bertz CT molecular complexity index is 236. The molecule has 2 rings (SSSR count). The molecule has 0 radical (unpaired) electrons. The van der Waals surface area contributed by atoms with Crippen LogP contribution in [-0.2, 0) is 0 Å². The largest absolute Gasteiger partial charge is 0.252 e. The molecule has 0 amide bonds. The second-order valence-electron chi connectivity index (χ2n) is 7.40. The Labute approximate surface area is 126 Å². The normalized spacial score (nSPS) is 31.4. The molecule has 0 unspecified atom stereocenters. The van der Waals surface area contributed by atoms with Gasteiger partial charge in [0.1, 0.15) is 0 Å². The lowest BCUT2D eigenvalue weighted by Crippen LogP contribution is -2.49. The summed E-state index contributed by atoms with van der Waals surface area (Å²) in [5, 5.41) is 2.49. The van der Waals surface area contributed by atoms with E-state index in [1.165, 1.54) is 83.5 Å². The first-order valence-electron chi connectivity index (χ1n) is 9.24. The van der Waals surface area contributed by atoms with E-state index in [0.29, 0.717) is 0 Å². The van der Waals surface area contributed by atoms with Crippen molar-refractivity contribution >= 4 is 0 Å². The van der Waals surface area contributed by atoms with Crippen LogP contribution in [0.1, 0.15) is 90.4 Å². The van der Waals surface area contributed by atoms with Crippen LogP contribution in [0.2, 0.25) is 0 Å². The molecular formula is C18H36N2. The molecular weight excluding hydrogens is 244 g/mol. The number of nitrogens with zero attached hydrogens (tertiary/aromatic N) is 1. The Hall–Kier alpha value is -0.0800. The Morgan fingerprint density at radius 3 is 1.75 bits per heavy atom. The number of nitrogens with one attached hydrogen (secondary N) is 1. The summed E-state index contributed by atoms with van der Waals surface area (Å²) in [7, 11) is 2.30. The third-order valence-electron chi connectivity index (χ3n) is 5.52. The van der Waals surface area contributed by atoms with Crippen LogP contribution < -0.4 is 5.43 Å². The van der Waals surface area contributed by atoms with E-state index in [0.717, 1.165) is 18.0 Å². The zero-order chi connectivity index (χ0) is 14.2. The van der Waals surface area contributed by atoms with Crippen molar-refractivity contribution in [3.8, 4) is 0 Å². The molecule has 0 aliphatic heterocycles. The van der Waals surface area contributed by atoms with Crippen LogP contribution in [0.5, 0.6) is 0 Å². The monoisotopic (exact) mass is 280 g/mol. The van der Waals surface area contributed by atoms with Crippen LogP contribution >= 0.6 is 0 Å². The van der Waals surface area contributed by atoms with Crippen molar-refractivity contribution < 1.29 is 0 Å². The molecule has 0 aromatic carbocycles. The molecule has 0 spiro atoms. The summed E-state index contributed by atoms with van der Waals surface area (Å²) in [6.07, 6.45) is 18.5. The number of hydrogen-bond donors (Lipinski definition) is 1. The van der Waals surface area contributed by atoms with Crippen molar-refractivity contribution in [3.05, 3.63) is 0 Å². The van der Waals surface area contributed by atoms with Gasteiger partial charge in [0, 0.05) is 19.1 Å². The Kier molecular flexibility index (Phi) is 7.37. The smallest absolute Gasteiger partial charge is 0.0240 e. The fourth-order valence-corrected chi connectivity index (χ4v) is 3.96. The van der Waals surface area contributed by atoms with Crippen LogP contribution in [0.3, 0.4) is 0 Å². The highest BCUT2D eigenvalue weighted by molar-refractivity contribution is 4.76. The molecule has 2 fully saturated rings. The SMILES string of the molecule is CC1CCC(NN(C)C2CCCCCCCCC2)CC1. The van der Waals surface area contributed by atoms with Gasteiger partial charge in [-0.25, -0.2) is 5.01 Å². The van der Waals surface area contributed by atoms with Crippen molar-refractivity contribution in [1.82, 2.24) is 10.4 Å². The quantitative estimate of drug-likeness (QED) is 0.740. The van der Waals surface area contributed by atoms with E-state index in [1.807, 2.05) is 0 Å². The average Bonchev–Trinajstić information content (AvgIpc) is 2.47. The molecule has 0 bridgehead atoms. The lowest BCUT2D eigenvalue weighted by atomic mass is 9.88. The standard InChI is InChI=1S/C18H36N2/c1-16-12-14-17(15-13-16)19-20(2)18-10-8-6-4-3-5-7-9-11-18/h16-19H,3-15H2,1-2H3. The molecule has 0 aromatic heterocycles. The molecule has 2 aliphatic carbocycles. The molecule has 1 N–H and O–H groups in total. The number of rotatable bonds is 3. The number of hydrazine groups is 1. The molecule has 0 saturated heterocycles. The molecule has 20 heavy (non-hydrogen) atoms. The highest BCUT2D eigenvalue weighted by atomic mass is 15.5. The van der Waals surface area contributed by atoms with Crippen LogP contribution in [-0.4, -0.2) is 24.1 Å². The third-order valence-corrected chi connectivity index (χ3v) is 5.52. The molecule has 2 heteroatoms. The summed E-state index contributed by atoms with van der Waals surface area (Å²) in [4.78, 5) is 0. The lowest BCUT2D eigenvalue weighted by molar-refractivity contribution is 0.0983. The van der Waals surface area contributed by atoms with E-state index < -0.39 is 0 Å². The summed E-state index contributed by atoms with van der Waals surface area (Å²) in [6, 6.07) is 1.51. The van der Waals surface area contributed by atoms with Gasteiger partial charge in [-0.2, -0.15) is 0 Å². The first kappa shape index (κ1) is 16.3. The zero-order valence-corrected chi connectivity index (χ0v) is 13.9. The molecule has 2 nitrogen and oxygen atoms in total. The van der Waals surface area contributed by atoms with Crippen LogP contribution in [0.4, 0.5) is 0 Å². The summed E-state index contributed by atoms with van der Waals surface area (Å²) >= 11 is 0. The van der Waals surface area contributed by atoms with Crippen molar-refractivity contribution in [2.75, 3.05) is 7.05 Å². The first-order chi connectivity index (χ1) is 9.75. The summed E-state index contributed by atoms with van der Waals surface area (Å²) in [5.74, 6) is 0.951. The highest BCUT2D eigenvalue weighted by Crippen LogP contribution is 2.25. The van der Waals surface area contributed by atoms with Gasteiger partial charge in [0.05, 0.1) is 0 Å². The van der Waals surface area contributed by atoms with Gasteiger partial charge in [0.25, 0.3) is 0 Å². The summed E-state index contributed by atoms with van der Waals surface area (Å²) in [6.45, 7) is 2.40. The van der Waals surface area contributed by atoms with E-state index in [9.17, 15) is 0 Å². The van der Waals surface area contributed by atoms with Crippen LogP contribution in [0.15, 0.2) is 0 Å². The van der Waals surface area contributed by atoms with E-state index in [1.54, 1.807) is 0 Å². The lowest BCUT2D eigenvalue weighted by Gasteiger charge is -2.35. The predicted molar refractivity (Wildman–Crippen MR) is 87.7 cm³/mol. The minimum Gasteiger partial charge on any atom is -0.252 e. The minimum atomic E-state index is 0.742. The Morgan fingerprint density at radius 1 is 0.700 bits per heavy atom. The van der Waals surface area contributed by atoms with Gasteiger partial charge in [0.15, 0.2) is 0 Å². The highest BCUT2D eigenvalue weighted by Gasteiger charge is 2.22. The second-order valence-corrected chi connectivity index (χ2v) is 7.40. The molecule has 118 valence electrons. The van der Waals surface area contributed by atoms with Gasteiger partial charge in [-0.1, -0.05) is 51.9 Å². The van der Waals surface area contributed by atoms with Crippen LogP contribution in [0.25, 0.3) is 0 Å². The molecule has 0 aromatic rings. The van der Waals surface area contributed by atoms with E-state index in [2.05, 4.69) is 24.4 Å². The van der Waals surface area contributed by atoms with Gasteiger partial charge in [-0.05, 0) is 44.4 Å². The maximum absolute atomic E-state index is 3.83. The fourth-order valence-electron chi connectivity index (χ4n) is 3.96. The van der Waals surface area contributed by atoms with E-state index in [4.69, 9.17) is 0 Å². The Morgan fingerprint density at radius 2 is 1.20 bits per heavy atom. The van der Waals surface area contributed by atoms with Crippen molar-refractivity contribution in [1.29, 1.82) is 0 Å². The summed E-state index contributed by atoms with van der Waals surface area (Å²) in [5.41, 5.74) is 3.83. The van der Waals surface area contributed by atoms with Crippen molar-refractivity contribution in [3.63, 3.8) is 0 Å². The zero-order valence-electron chi connectivity index (χ0n) is 13.9. The van der Waals surface area contributed by atoms with Gasteiger partial charge in [-0.15, -0.1) is 0 Å².